The molecule has 0 fully saturated rings. The SMILES string of the molecule is CCC(C)(C)c1ccc(C(Br)Cc2cccc(Br)c2)cc1. The third-order valence-electron chi connectivity index (χ3n) is 4.24. The first kappa shape index (κ1) is 16.8. The van der Waals surface area contributed by atoms with Gasteiger partial charge in [0.2, 0.25) is 0 Å². The first-order chi connectivity index (χ1) is 9.92. The molecule has 0 N–H and O–H groups in total. The number of rotatable bonds is 5. The van der Waals surface area contributed by atoms with E-state index < -0.39 is 0 Å². The highest BCUT2D eigenvalue weighted by Gasteiger charge is 2.18. The normalized spacial score (nSPS) is 13.2. The number of alkyl halides is 1. The van der Waals surface area contributed by atoms with E-state index in [-0.39, 0.29) is 5.41 Å². The second-order valence-corrected chi connectivity index (χ2v) is 8.18. The topological polar surface area (TPSA) is 0 Å². The summed E-state index contributed by atoms with van der Waals surface area (Å²) in [6.07, 6.45) is 2.15. The molecular weight excluding hydrogens is 388 g/mol. The molecule has 0 amide bonds. The molecule has 0 radical (unpaired) electrons. The van der Waals surface area contributed by atoms with Crippen molar-refractivity contribution >= 4 is 31.9 Å². The Bertz CT molecular complexity index is 585. The number of halogens is 2. The molecule has 2 heteroatoms. The summed E-state index contributed by atoms with van der Waals surface area (Å²) in [6, 6.07) is 17.6. The molecule has 2 rings (SSSR count). The summed E-state index contributed by atoms with van der Waals surface area (Å²) in [5.74, 6) is 0. The van der Waals surface area contributed by atoms with Crippen LogP contribution in [-0.4, -0.2) is 0 Å². The van der Waals surface area contributed by atoms with Crippen LogP contribution in [0.25, 0.3) is 0 Å². The van der Waals surface area contributed by atoms with Gasteiger partial charge in [0.05, 0.1) is 0 Å². The molecule has 2 aromatic rings. The maximum Gasteiger partial charge on any atom is 0.0435 e. The molecule has 0 heterocycles. The van der Waals surface area contributed by atoms with Gasteiger partial charge in [0.25, 0.3) is 0 Å². The maximum atomic E-state index is 3.82. The Kier molecular flexibility index (Phi) is 5.67. The molecule has 2 aromatic carbocycles. The van der Waals surface area contributed by atoms with E-state index in [9.17, 15) is 0 Å². The summed E-state index contributed by atoms with van der Waals surface area (Å²) < 4.78 is 1.14. The first-order valence-corrected chi connectivity index (χ1v) is 9.12. The third-order valence-corrected chi connectivity index (χ3v) is 5.59. The zero-order valence-electron chi connectivity index (χ0n) is 12.9. The van der Waals surface area contributed by atoms with E-state index >= 15 is 0 Å². The Labute approximate surface area is 145 Å². The van der Waals surface area contributed by atoms with Crippen molar-refractivity contribution in [2.45, 2.75) is 43.9 Å². The van der Waals surface area contributed by atoms with Gasteiger partial charge in [-0.15, -0.1) is 0 Å². The minimum atomic E-state index is 0.255. The fourth-order valence-corrected chi connectivity index (χ4v) is 3.46. The van der Waals surface area contributed by atoms with Gasteiger partial charge in [-0.05, 0) is 47.1 Å². The van der Waals surface area contributed by atoms with Crippen LogP contribution in [0.3, 0.4) is 0 Å². The van der Waals surface area contributed by atoms with E-state index in [4.69, 9.17) is 0 Å². The Morgan fingerprint density at radius 3 is 2.29 bits per heavy atom. The van der Waals surface area contributed by atoms with Crippen molar-refractivity contribution < 1.29 is 0 Å². The largest absolute Gasteiger partial charge is 0.0835 e. The molecule has 1 unspecified atom stereocenters. The Morgan fingerprint density at radius 1 is 1.05 bits per heavy atom. The van der Waals surface area contributed by atoms with Crippen LogP contribution in [0.5, 0.6) is 0 Å². The highest BCUT2D eigenvalue weighted by molar-refractivity contribution is 9.10. The smallest absolute Gasteiger partial charge is 0.0435 e. The number of hydrogen-bond acceptors (Lipinski definition) is 0. The second-order valence-electron chi connectivity index (χ2n) is 6.16. The van der Waals surface area contributed by atoms with Gasteiger partial charge in [0.15, 0.2) is 0 Å². The van der Waals surface area contributed by atoms with Gasteiger partial charge in [0, 0.05) is 9.30 Å². The van der Waals surface area contributed by atoms with E-state index in [1.165, 1.54) is 16.7 Å². The van der Waals surface area contributed by atoms with Gasteiger partial charge in [0.1, 0.15) is 0 Å². The van der Waals surface area contributed by atoms with Gasteiger partial charge in [-0.3, -0.25) is 0 Å². The van der Waals surface area contributed by atoms with Crippen LogP contribution in [0.2, 0.25) is 0 Å². The van der Waals surface area contributed by atoms with Gasteiger partial charge < -0.3 is 0 Å². The van der Waals surface area contributed by atoms with Crippen molar-refractivity contribution in [3.05, 3.63) is 69.7 Å². The van der Waals surface area contributed by atoms with Crippen LogP contribution < -0.4 is 0 Å². The number of benzene rings is 2. The Balaban J connectivity index is 2.11. The van der Waals surface area contributed by atoms with Crippen LogP contribution in [-0.2, 0) is 11.8 Å². The van der Waals surface area contributed by atoms with E-state index in [1.54, 1.807) is 0 Å². The monoisotopic (exact) mass is 408 g/mol. The van der Waals surface area contributed by atoms with Crippen molar-refractivity contribution in [3.8, 4) is 0 Å². The van der Waals surface area contributed by atoms with Gasteiger partial charge in [-0.1, -0.05) is 89.0 Å². The fourth-order valence-electron chi connectivity index (χ4n) is 2.34. The molecule has 0 aliphatic heterocycles. The second kappa shape index (κ2) is 7.11. The van der Waals surface area contributed by atoms with Crippen molar-refractivity contribution in [1.82, 2.24) is 0 Å². The fraction of sp³-hybridized carbons (Fsp3) is 0.368. The summed E-state index contributed by atoms with van der Waals surface area (Å²) in [7, 11) is 0. The molecule has 0 aliphatic rings. The highest BCUT2D eigenvalue weighted by Crippen LogP contribution is 2.31. The molecule has 0 nitrogen and oxygen atoms in total. The predicted molar refractivity (Wildman–Crippen MR) is 99.3 cm³/mol. The average molecular weight is 410 g/mol. The van der Waals surface area contributed by atoms with Crippen molar-refractivity contribution in [3.63, 3.8) is 0 Å². The Morgan fingerprint density at radius 2 is 1.71 bits per heavy atom. The molecule has 0 bridgehead atoms. The van der Waals surface area contributed by atoms with E-state index in [1.807, 2.05) is 0 Å². The van der Waals surface area contributed by atoms with Gasteiger partial charge in [-0.25, -0.2) is 0 Å². The van der Waals surface area contributed by atoms with Crippen LogP contribution >= 0.6 is 31.9 Å². The number of hydrogen-bond donors (Lipinski definition) is 0. The molecule has 0 saturated heterocycles. The molecule has 0 saturated carbocycles. The molecule has 0 aliphatic carbocycles. The zero-order chi connectivity index (χ0) is 15.5. The van der Waals surface area contributed by atoms with Gasteiger partial charge in [-0.2, -0.15) is 0 Å². The third kappa shape index (κ3) is 4.43. The highest BCUT2D eigenvalue weighted by atomic mass is 79.9. The summed E-state index contributed by atoms with van der Waals surface area (Å²) in [5, 5.41) is 0. The van der Waals surface area contributed by atoms with Crippen LogP contribution in [0.4, 0.5) is 0 Å². The molecule has 0 aromatic heterocycles. The lowest BCUT2D eigenvalue weighted by atomic mass is 9.82. The Hall–Kier alpha value is -0.600. The van der Waals surface area contributed by atoms with Crippen LogP contribution in [0, 0.1) is 0 Å². The summed E-state index contributed by atoms with van der Waals surface area (Å²) in [5.41, 5.74) is 4.34. The molecule has 1 atom stereocenters. The molecule has 0 spiro atoms. The minimum Gasteiger partial charge on any atom is -0.0835 e. The average Bonchev–Trinajstić information content (AvgIpc) is 2.47. The molecule has 112 valence electrons. The predicted octanol–water partition coefficient (Wildman–Crippen LogP) is 6.82. The van der Waals surface area contributed by atoms with Crippen LogP contribution in [0.15, 0.2) is 53.0 Å². The lowest BCUT2D eigenvalue weighted by Crippen LogP contribution is -2.15. The van der Waals surface area contributed by atoms with E-state index in [0.29, 0.717) is 4.83 Å². The lowest BCUT2D eigenvalue weighted by molar-refractivity contribution is 0.506. The molecular formula is C19H22Br2. The maximum absolute atomic E-state index is 3.82. The zero-order valence-corrected chi connectivity index (χ0v) is 16.0. The van der Waals surface area contributed by atoms with E-state index in [2.05, 4.69) is 101 Å². The standard InChI is InChI=1S/C19H22Br2/c1-4-19(2,3)16-10-8-15(9-11-16)18(21)13-14-6-5-7-17(20)12-14/h5-12,18H,4,13H2,1-3H3. The minimum absolute atomic E-state index is 0.255. The summed E-state index contributed by atoms with van der Waals surface area (Å²) in [6.45, 7) is 6.85. The van der Waals surface area contributed by atoms with Crippen molar-refractivity contribution in [2.75, 3.05) is 0 Å². The quantitative estimate of drug-likeness (QED) is 0.475. The van der Waals surface area contributed by atoms with Crippen molar-refractivity contribution in [1.29, 1.82) is 0 Å². The molecule has 21 heavy (non-hydrogen) atoms. The lowest BCUT2D eigenvalue weighted by Gasteiger charge is -2.24. The first-order valence-electron chi connectivity index (χ1n) is 7.41. The van der Waals surface area contributed by atoms with Gasteiger partial charge >= 0.3 is 0 Å². The van der Waals surface area contributed by atoms with E-state index in [0.717, 1.165) is 17.3 Å². The summed E-state index contributed by atoms with van der Waals surface area (Å²) in [4.78, 5) is 0.352. The van der Waals surface area contributed by atoms with Crippen LogP contribution in [0.1, 0.15) is 48.7 Å². The van der Waals surface area contributed by atoms with Crippen molar-refractivity contribution in [2.24, 2.45) is 0 Å². The summed E-state index contributed by atoms with van der Waals surface area (Å²) >= 11 is 7.36.